The van der Waals surface area contributed by atoms with Crippen molar-refractivity contribution in [2.24, 2.45) is 0 Å². The Hall–Kier alpha value is -6.50. The van der Waals surface area contributed by atoms with Gasteiger partial charge in [-0.25, -0.2) is 0 Å². The van der Waals surface area contributed by atoms with E-state index in [0.717, 1.165) is 0 Å². The highest BCUT2D eigenvalue weighted by Gasteiger charge is 2.15. The summed E-state index contributed by atoms with van der Waals surface area (Å²) in [4.78, 5) is 0. The quantitative estimate of drug-likeness (QED) is 0.166. The van der Waals surface area contributed by atoms with E-state index >= 15 is 0 Å². The summed E-state index contributed by atoms with van der Waals surface area (Å²) in [5, 5.41) is -2.65. The standard InChI is InChI=1S/C50H30/c1-2-6-31(7-3-1)40-28-41(30-42(29-40)44-25-21-39-19-17-35-9-5-11-37-23-27-46(44)50(39)48(35)37)32-12-14-33(15-13-32)43-24-20-38-18-16-34-8-4-10-36-22-26-45(43)49(38)47(34)36/h1-30H/i4D,5D,8D,9D,10D,11D,12D,13D,14D,15D,16D,17D,18D,19D,20D,21D,22D,23D,24D,25D,26D,27D. The molecule has 0 unspecified atom stereocenters. The van der Waals surface area contributed by atoms with Gasteiger partial charge >= 0.3 is 0 Å². The summed E-state index contributed by atoms with van der Waals surface area (Å²) in [6.45, 7) is 0. The second kappa shape index (κ2) is 10.5. The molecule has 0 heteroatoms. The van der Waals surface area contributed by atoms with Crippen LogP contribution in [0.4, 0.5) is 0 Å². The third-order valence-corrected chi connectivity index (χ3v) is 9.12. The third kappa shape index (κ3) is 4.06. The van der Waals surface area contributed by atoms with E-state index in [1.807, 2.05) is 0 Å². The van der Waals surface area contributed by atoms with Crippen LogP contribution in [0, 0.1) is 0 Å². The maximum atomic E-state index is 9.58. The Morgan fingerprint density at radius 1 is 0.280 bits per heavy atom. The average molecular weight is 653 g/mol. The molecule has 0 heterocycles. The summed E-state index contributed by atoms with van der Waals surface area (Å²) in [6, 6.07) is -0.720. The molecule has 230 valence electrons. The van der Waals surface area contributed by atoms with E-state index in [1.54, 1.807) is 42.5 Å². The van der Waals surface area contributed by atoms with Gasteiger partial charge in [0, 0.05) is 0 Å². The highest BCUT2D eigenvalue weighted by atomic mass is 14.2. The molecule has 0 atom stereocenters. The Labute approximate surface area is 321 Å². The van der Waals surface area contributed by atoms with Crippen LogP contribution in [0.3, 0.4) is 0 Å². The molecule has 0 saturated heterocycles. The minimum atomic E-state index is -0.764. The zero-order chi connectivity index (χ0) is 51.9. The van der Waals surface area contributed by atoms with Crippen molar-refractivity contribution < 1.29 is 30.2 Å². The molecule has 0 nitrogen and oxygen atoms in total. The van der Waals surface area contributed by atoms with Crippen LogP contribution in [0.2, 0.25) is 0 Å². The first-order valence-electron chi connectivity index (χ1n) is 26.6. The number of benzene rings is 11. The van der Waals surface area contributed by atoms with Crippen LogP contribution in [0.5, 0.6) is 0 Å². The van der Waals surface area contributed by atoms with Crippen LogP contribution in [-0.4, -0.2) is 0 Å². The van der Waals surface area contributed by atoms with Crippen LogP contribution in [0.15, 0.2) is 181 Å². The van der Waals surface area contributed by atoms with Gasteiger partial charge in [0.25, 0.3) is 0 Å². The number of hydrogen-bond donors (Lipinski definition) is 0. The van der Waals surface area contributed by atoms with Gasteiger partial charge in [0.1, 0.15) is 0 Å². The lowest BCUT2D eigenvalue weighted by molar-refractivity contribution is 1.57. The largest absolute Gasteiger partial charge is 0.0630 e. The monoisotopic (exact) mass is 652 g/mol. The molecule has 50 heavy (non-hydrogen) atoms. The van der Waals surface area contributed by atoms with E-state index in [0.29, 0.717) is 11.1 Å². The molecule has 11 aromatic rings. The van der Waals surface area contributed by atoms with Crippen LogP contribution in [0.1, 0.15) is 30.2 Å². The second-order valence-electron chi connectivity index (χ2n) is 11.9. The van der Waals surface area contributed by atoms with E-state index in [1.165, 1.54) is 6.07 Å². The van der Waals surface area contributed by atoms with Crippen molar-refractivity contribution in [2.45, 2.75) is 0 Å². The highest BCUT2D eigenvalue weighted by molar-refractivity contribution is 6.26. The summed E-state index contributed by atoms with van der Waals surface area (Å²) in [7, 11) is 0. The molecule has 0 N–H and O–H groups in total. The minimum Gasteiger partial charge on any atom is -0.0622 e. The molecule has 0 spiro atoms. The van der Waals surface area contributed by atoms with Gasteiger partial charge in [-0.2, -0.15) is 0 Å². The van der Waals surface area contributed by atoms with Gasteiger partial charge < -0.3 is 0 Å². The maximum Gasteiger partial charge on any atom is 0.0630 e. The van der Waals surface area contributed by atoms with Crippen molar-refractivity contribution in [3.05, 3.63) is 181 Å². The van der Waals surface area contributed by atoms with Crippen molar-refractivity contribution >= 4 is 64.6 Å². The van der Waals surface area contributed by atoms with Crippen molar-refractivity contribution in [3.8, 4) is 44.5 Å². The Balaban J connectivity index is 1.26. The number of hydrogen-bond acceptors (Lipinski definition) is 0. The van der Waals surface area contributed by atoms with Crippen LogP contribution < -0.4 is 0 Å². The van der Waals surface area contributed by atoms with E-state index in [2.05, 4.69) is 0 Å². The third-order valence-electron chi connectivity index (χ3n) is 9.12. The van der Waals surface area contributed by atoms with Crippen LogP contribution in [-0.2, 0) is 0 Å². The lowest BCUT2D eigenvalue weighted by Gasteiger charge is -2.16. The van der Waals surface area contributed by atoms with Crippen LogP contribution in [0.25, 0.3) is 109 Å². The van der Waals surface area contributed by atoms with Gasteiger partial charge in [-0.05, 0) is 127 Å². The molecule has 11 rings (SSSR count). The van der Waals surface area contributed by atoms with E-state index in [9.17, 15) is 12.3 Å². The summed E-state index contributed by atoms with van der Waals surface area (Å²) in [5.41, 5.74) is -0.479. The van der Waals surface area contributed by atoms with Gasteiger partial charge in [-0.1, -0.05) is 163 Å². The van der Waals surface area contributed by atoms with Gasteiger partial charge in [-0.3, -0.25) is 0 Å². The summed E-state index contributed by atoms with van der Waals surface area (Å²) < 4.78 is 200. The SMILES string of the molecule is [2H]c1c([2H])c(-c2c([2H])c([2H])c3c([2H])c([2H])c4c([2H])c([2H])c([2H])c5c([2H])c([2H])c2c3c45)c([2H])c([2H])c1-c1cc(-c2ccccc2)cc(-c2c([2H])c([2H])c3c([2H])c([2H])c4c([2H])c([2H])c([2H])c5c([2H])c([2H])c2c3c45)c1. The molecule has 0 saturated carbocycles. The fourth-order valence-electron chi connectivity index (χ4n) is 6.82. The molecule has 11 aromatic carbocycles. The summed E-state index contributed by atoms with van der Waals surface area (Å²) >= 11 is 0. The highest BCUT2D eigenvalue weighted by Crippen LogP contribution is 2.43. The molecule has 0 aliphatic heterocycles. The Morgan fingerprint density at radius 2 is 0.680 bits per heavy atom. The Bertz CT molecular complexity index is 4260. The summed E-state index contributed by atoms with van der Waals surface area (Å²) in [6.07, 6.45) is 0. The van der Waals surface area contributed by atoms with Gasteiger partial charge in [0.15, 0.2) is 0 Å². The molecular weight excluding hydrogens is 601 g/mol. The first kappa shape index (κ1) is 13.8. The van der Waals surface area contributed by atoms with Gasteiger partial charge in [0.05, 0.1) is 30.2 Å². The predicted octanol–water partition coefficient (Wildman–Crippen LogP) is 14.1. The fourth-order valence-corrected chi connectivity index (χ4v) is 6.82. The van der Waals surface area contributed by atoms with Crippen molar-refractivity contribution in [1.29, 1.82) is 0 Å². The Morgan fingerprint density at radius 3 is 1.22 bits per heavy atom. The maximum absolute atomic E-state index is 9.58. The van der Waals surface area contributed by atoms with Crippen molar-refractivity contribution in [1.82, 2.24) is 0 Å². The first-order chi connectivity index (χ1) is 34.0. The zero-order valence-electron chi connectivity index (χ0n) is 47.6. The van der Waals surface area contributed by atoms with Gasteiger partial charge in [-0.15, -0.1) is 0 Å². The molecule has 0 fully saturated rings. The topological polar surface area (TPSA) is 0 Å². The molecule has 0 bridgehead atoms. The van der Waals surface area contributed by atoms with E-state index in [-0.39, 0.29) is 86.9 Å². The van der Waals surface area contributed by atoms with Crippen molar-refractivity contribution in [2.75, 3.05) is 0 Å². The molecule has 0 amide bonds. The average Bonchev–Trinajstić information content (AvgIpc) is 3.35. The molecular formula is C50H30. The molecule has 0 aromatic heterocycles. The zero-order valence-corrected chi connectivity index (χ0v) is 25.6. The van der Waals surface area contributed by atoms with E-state index in [4.69, 9.17) is 17.8 Å². The van der Waals surface area contributed by atoms with Gasteiger partial charge in [0.2, 0.25) is 0 Å². The first-order valence-corrected chi connectivity index (χ1v) is 15.6. The predicted molar refractivity (Wildman–Crippen MR) is 216 cm³/mol. The number of rotatable bonds is 4. The lowest BCUT2D eigenvalue weighted by Crippen LogP contribution is -1.90. The molecule has 0 radical (unpaired) electrons. The second-order valence-corrected chi connectivity index (χ2v) is 11.9. The normalized spacial score (nSPS) is 18.2. The lowest BCUT2D eigenvalue weighted by atomic mass is 9.87. The van der Waals surface area contributed by atoms with Crippen molar-refractivity contribution in [3.63, 3.8) is 0 Å². The fraction of sp³-hybridized carbons (Fsp3) is 0. The van der Waals surface area contributed by atoms with E-state index < -0.39 is 144 Å². The molecule has 0 aliphatic rings. The smallest absolute Gasteiger partial charge is 0.0622 e. The summed E-state index contributed by atoms with van der Waals surface area (Å²) in [5.74, 6) is 0. The molecule has 0 aliphatic carbocycles. The minimum absolute atomic E-state index is 0.00998. The van der Waals surface area contributed by atoms with Crippen LogP contribution >= 0.6 is 0 Å². The Kier molecular flexibility index (Phi) is 2.89.